The van der Waals surface area contributed by atoms with Crippen LogP contribution in [0.1, 0.15) is 16.1 Å². The van der Waals surface area contributed by atoms with E-state index in [9.17, 15) is 19.1 Å². The molecule has 5 rings (SSSR count). The number of carbonyl (C=O) groups is 1. The summed E-state index contributed by atoms with van der Waals surface area (Å²) in [6.07, 6.45) is 3.74. The van der Waals surface area contributed by atoms with Gasteiger partial charge in [-0.25, -0.2) is 23.7 Å². The van der Waals surface area contributed by atoms with Gasteiger partial charge < -0.3 is 20.1 Å². The van der Waals surface area contributed by atoms with Crippen LogP contribution in [0.5, 0.6) is 5.75 Å². The Balaban J connectivity index is 1.57. The average molecular weight is 516 g/mol. The summed E-state index contributed by atoms with van der Waals surface area (Å²) in [7, 11) is 3.40. The molecular weight excluding hydrogens is 493 g/mol. The van der Waals surface area contributed by atoms with Crippen molar-refractivity contribution in [2.45, 2.75) is 6.54 Å². The lowest BCUT2D eigenvalue weighted by Gasteiger charge is -2.21. The Morgan fingerprint density at radius 1 is 1.16 bits per heavy atom. The minimum absolute atomic E-state index is 0.108. The Labute approximate surface area is 215 Å². The lowest BCUT2D eigenvalue weighted by atomic mass is 10.2. The second kappa shape index (κ2) is 10.0. The minimum atomic E-state index is -1.23. The molecular formula is C26H22FN7O4. The zero-order valence-corrected chi connectivity index (χ0v) is 20.4. The van der Waals surface area contributed by atoms with Gasteiger partial charge in [-0.3, -0.25) is 9.36 Å². The van der Waals surface area contributed by atoms with Crippen LogP contribution in [0.3, 0.4) is 0 Å². The van der Waals surface area contributed by atoms with Crippen molar-refractivity contribution < 1.29 is 19.0 Å². The lowest BCUT2D eigenvalue weighted by molar-refractivity contribution is 0.0688. The van der Waals surface area contributed by atoms with Crippen molar-refractivity contribution in [1.29, 1.82) is 0 Å². The van der Waals surface area contributed by atoms with Crippen LogP contribution in [0, 0.1) is 5.82 Å². The highest BCUT2D eigenvalue weighted by atomic mass is 19.1. The number of rotatable bonds is 8. The van der Waals surface area contributed by atoms with Crippen LogP contribution in [0.4, 0.5) is 21.6 Å². The zero-order chi connectivity index (χ0) is 26.8. The van der Waals surface area contributed by atoms with Crippen LogP contribution in [-0.4, -0.2) is 49.4 Å². The number of halogens is 1. The molecule has 0 aliphatic rings. The van der Waals surface area contributed by atoms with Crippen molar-refractivity contribution in [2.75, 3.05) is 24.4 Å². The number of nitrogens with zero attached hydrogens (tertiary/aromatic N) is 6. The van der Waals surface area contributed by atoms with Crippen LogP contribution < -0.4 is 20.5 Å². The first-order chi connectivity index (χ1) is 18.3. The Morgan fingerprint density at radius 3 is 2.63 bits per heavy atom. The number of anilines is 3. The summed E-state index contributed by atoms with van der Waals surface area (Å²) < 4.78 is 22.0. The molecule has 12 heteroatoms. The number of fused-ring (bicyclic) bond motifs is 1. The molecule has 0 unspecified atom stereocenters. The van der Waals surface area contributed by atoms with E-state index in [1.807, 2.05) is 36.2 Å². The Kier molecular flexibility index (Phi) is 6.44. The fourth-order valence-electron chi connectivity index (χ4n) is 3.97. The first kappa shape index (κ1) is 24.4. The average Bonchev–Trinajstić information content (AvgIpc) is 3.35. The highest BCUT2D eigenvalue weighted by Gasteiger charge is 2.19. The highest BCUT2D eigenvalue weighted by molar-refractivity contribution is 5.88. The topological polar surface area (TPSA) is 127 Å². The predicted octanol–water partition coefficient (Wildman–Crippen LogP) is 3.50. The van der Waals surface area contributed by atoms with E-state index in [1.165, 1.54) is 16.9 Å². The van der Waals surface area contributed by atoms with E-state index in [1.54, 1.807) is 31.4 Å². The van der Waals surface area contributed by atoms with Gasteiger partial charge in [-0.2, -0.15) is 0 Å². The number of carboxylic acid groups (broad SMARTS) is 1. The maximum atomic E-state index is 14.5. The van der Waals surface area contributed by atoms with Gasteiger partial charge in [-0.15, -0.1) is 5.10 Å². The number of aromatic nitrogens is 5. The van der Waals surface area contributed by atoms with E-state index in [-0.39, 0.29) is 23.0 Å². The third-order valence-corrected chi connectivity index (χ3v) is 5.80. The van der Waals surface area contributed by atoms with Gasteiger partial charge in [0.1, 0.15) is 23.1 Å². The quantitative estimate of drug-likeness (QED) is 0.319. The van der Waals surface area contributed by atoms with E-state index in [0.717, 1.165) is 28.1 Å². The van der Waals surface area contributed by atoms with E-state index in [2.05, 4.69) is 20.4 Å². The number of carboxylic acids is 1. The molecule has 0 atom stereocenters. The summed E-state index contributed by atoms with van der Waals surface area (Å²) in [5.41, 5.74) is 0.952. The van der Waals surface area contributed by atoms with Crippen LogP contribution in [0.15, 0.2) is 78.0 Å². The minimum Gasteiger partial charge on any atom is -0.497 e. The van der Waals surface area contributed by atoms with Gasteiger partial charge in [0, 0.05) is 38.1 Å². The number of aromatic carboxylic acids is 1. The Hall–Kier alpha value is -5.26. The number of hydrogen-bond acceptors (Lipinski definition) is 8. The first-order valence-corrected chi connectivity index (χ1v) is 11.4. The zero-order valence-electron chi connectivity index (χ0n) is 20.4. The molecule has 38 heavy (non-hydrogen) atoms. The van der Waals surface area contributed by atoms with E-state index in [4.69, 9.17) is 4.74 Å². The number of nitrogens with one attached hydrogen (secondary N) is 1. The molecule has 0 spiro atoms. The maximum absolute atomic E-state index is 14.5. The molecule has 0 saturated heterocycles. The summed E-state index contributed by atoms with van der Waals surface area (Å²) in [5.74, 6) is -0.824. The van der Waals surface area contributed by atoms with Crippen molar-refractivity contribution >= 4 is 28.8 Å². The molecule has 0 radical (unpaired) electrons. The summed E-state index contributed by atoms with van der Waals surface area (Å²) in [6.45, 7) is 0.449. The smallest absolute Gasteiger partial charge is 0.356 e. The number of methoxy groups -OCH3 is 1. The molecule has 4 heterocycles. The summed E-state index contributed by atoms with van der Waals surface area (Å²) >= 11 is 0. The molecule has 2 N–H and O–H groups in total. The van der Waals surface area contributed by atoms with Gasteiger partial charge in [0.15, 0.2) is 17.2 Å². The molecule has 4 aromatic heterocycles. The monoisotopic (exact) mass is 515 g/mol. The van der Waals surface area contributed by atoms with Crippen molar-refractivity contribution in [3.63, 3.8) is 0 Å². The summed E-state index contributed by atoms with van der Waals surface area (Å²) in [4.78, 5) is 35.2. The molecule has 0 saturated carbocycles. The standard InChI is InChI=1S/C26H22FN7O4/c1-32(14-16-6-8-18(38-2)9-7-16)20-12-22(31-34-21(26(36)37)13-29-24(20)34)30-19-11-17(27)15-33(25(19)35)23-5-3-4-10-28-23/h3-13,15H,14H2,1-2H3,(H,30,31)(H,36,37). The van der Waals surface area contributed by atoms with Gasteiger partial charge in [-0.05, 0) is 29.8 Å². The van der Waals surface area contributed by atoms with E-state index >= 15 is 0 Å². The predicted molar refractivity (Wildman–Crippen MR) is 138 cm³/mol. The SMILES string of the molecule is COc1ccc(CN(C)c2cc(Nc3cc(F)cn(-c4ccccn4)c3=O)nn3c(C(=O)O)cnc23)cc1. The molecule has 0 aliphatic heterocycles. The molecule has 192 valence electrons. The van der Waals surface area contributed by atoms with Crippen LogP contribution in [0.2, 0.25) is 0 Å². The highest BCUT2D eigenvalue weighted by Crippen LogP contribution is 2.27. The summed E-state index contributed by atoms with van der Waals surface area (Å²) in [6, 6.07) is 15.1. The molecule has 5 aromatic rings. The maximum Gasteiger partial charge on any atom is 0.356 e. The van der Waals surface area contributed by atoms with Gasteiger partial charge in [0.2, 0.25) is 0 Å². The molecule has 0 amide bonds. The third kappa shape index (κ3) is 4.74. The number of benzene rings is 1. The summed E-state index contributed by atoms with van der Waals surface area (Å²) in [5, 5.41) is 16.8. The molecule has 11 nitrogen and oxygen atoms in total. The van der Waals surface area contributed by atoms with Gasteiger partial charge in [-0.1, -0.05) is 18.2 Å². The van der Waals surface area contributed by atoms with Crippen molar-refractivity contribution in [1.82, 2.24) is 24.1 Å². The number of ether oxygens (including phenoxy) is 1. The van der Waals surface area contributed by atoms with Crippen molar-refractivity contribution in [2.24, 2.45) is 0 Å². The molecule has 0 aliphatic carbocycles. The fraction of sp³-hybridized carbons (Fsp3) is 0.115. The molecule has 0 bridgehead atoms. The Bertz CT molecular complexity index is 1680. The second-order valence-electron chi connectivity index (χ2n) is 8.36. The van der Waals surface area contributed by atoms with Gasteiger partial charge in [0.05, 0.1) is 19.0 Å². The third-order valence-electron chi connectivity index (χ3n) is 5.80. The molecule has 0 fully saturated rings. The van der Waals surface area contributed by atoms with Crippen LogP contribution in [0.25, 0.3) is 11.5 Å². The van der Waals surface area contributed by atoms with Gasteiger partial charge >= 0.3 is 5.97 Å². The van der Waals surface area contributed by atoms with Crippen LogP contribution >= 0.6 is 0 Å². The molecule has 1 aromatic carbocycles. The van der Waals surface area contributed by atoms with Crippen molar-refractivity contribution in [3.8, 4) is 11.6 Å². The van der Waals surface area contributed by atoms with Crippen molar-refractivity contribution in [3.05, 3.63) is 101 Å². The number of imidazole rings is 1. The number of hydrogen-bond donors (Lipinski definition) is 2. The second-order valence-corrected chi connectivity index (χ2v) is 8.36. The lowest BCUT2D eigenvalue weighted by Crippen LogP contribution is -2.23. The first-order valence-electron chi connectivity index (χ1n) is 11.4. The van der Waals surface area contributed by atoms with E-state index in [0.29, 0.717) is 17.9 Å². The number of pyridine rings is 2. The normalized spacial score (nSPS) is 10.9. The van der Waals surface area contributed by atoms with Gasteiger partial charge in [0.25, 0.3) is 5.56 Å². The fourth-order valence-corrected chi connectivity index (χ4v) is 3.97. The largest absolute Gasteiger partial charge is 0.497 e. The Morgan fingerprint density at radius 2 is 1.95 bits per heavy atom. The van der Waals surface area contributed by atoms with E-state index < -0.39 is 17.3 Å². The van der Waals surface area contributed by atoms with Crippen LogP contribution in [-0.2, 0) is 6.54 Å².